The van der Waals surface area contributed by atoms with Gasteiger partial charge in [-0.3, -0.25) is 0 Å². The third kappa shape index (κ3) is 5.49. The molecule has 1 aromatic heterocycles. The molecule has 0 saturated heterocycles. The van der Waals surface area contributed by atoms with Gasteiger partial charge in [0.25, 0.3) is 0 Å². The number of benzene rings is 2. The molecule has 0 saturated carbocycles. The SMILES string of the molecule is [Cl-].[Cl-].[V+2].c1ccc(C2COC(c3cccc(C4=NC(c5ccccc5)CO4)n3)=N2)cc1. The molecule has 0 aliphatic carbocycles. The Morgan fingerprint density at radius 2 is 1.00 bits per heavy atom. The minimum atomic E-state index is 0. The van der Waals surface area contributed by atoms with Crippen molar-refractivity contribution < 1.29 is 52.8 Å². The van der Waals surface area contributed by atoms with Crippen LogP contribution in [0.4, 0.5) is 0 Å². The van der Waals surface area contributed by atoms with Gasteiger partial charge in [-0.25, -0.2) is 15.0 Å². The van der Waals surface area contributed by atoms with Crippen LogP contribution in [-0.2, 0) is 28.0 Å². The van der Waals surface area contributed by atoms with E-state index in [1.807, 2.05) is 54.6 Å². The summed E-state index contributed by atoms with van der Waals surface area (Å²) in [6, 6.07) is 26.1. The Morgan fingerprint density at radius 3 is 1.42 bits per heavy atom. The fraction of sp³-hybridized carbons (Fsp3) is 0.174. The van der Waals surface area contributed by atoms with E-state index in [4.69, 9.17) is 19.5 Å². The van der Waals surface area contributed by atoms with Gasteiger partial charge in [-0.2, -0.15) is 0 Å². The molecule has 0 bridgehead atoms. The smallest absolute Gasteiger partial charge is 1.00 e. The van der Waals surface area contributed by atoms with Crippen LogP contribution in [0, 0.1) is 0 Å². The first kappa shape index (κ1) is 25.0. The molecule has 2 aliphatic heterocycles. The fourth-order valence-electron chi connectivity index (χ4n) is 3.39. The number of pyridine rings is 1. The van der Waals surface area contributed by atoms with Gasteiger partial charge in [-0.15, -0.1) is 0 Å². The summed E-state index contributed by atoms with van der Waals surface area (Å²) in [4.78, 5) is 14.1. The summed E-state index contributed by atoms with van der Waals surface area (Å²) >= 11 is 0. The molecule has 31 heavy (non-hydrogen) atoms. The van der Waals surface area contributed by atoms with E-state index in [9.17, 15) is 0 Å². The quantitative estimate of drug-likeness (QED) is 0.430. The van der Waals surface area contributed by atoms with Crippen molar-refractivity contribution in [3.05, 3.63) is 101 Å². The molecular formula is C23H19Cl2N3O2V. The summed E-state index contributed by atoms with van der Waals surface area (Å²) in [7, 11) is 0. The summed E-state index contributed by atoms with van der Waals surface area (Å²) in [6.45, 7) is 1.05. The number of rotatable bonds is 4. The summed E-state index contributed by atoms with van der Waals surface area (Å²) in [5.41, 5.74) is 3.68. The maximum atomic E-state index is 5.82. The second kappa shape index (κ2) is 11.4. The third-order valence-corrected chi connectivity index (χ3v) is 4.86. The van der Waals surface area contributed by atoms with E-state index in [2.05, 4.69) is 29.2 Å². The van der Waals surface area contributed by atoms with Crippen LogP contribution in [0.15, 0.2) is 88.8 Å². The second-order valence-electron chi connectivity index (χ2n) is 6.75. The van der Waals surface area contributed by atoms with E-state index in [1.165, 1.54) is 0 Å². The molecule has 5 nitrogen and oxygen atoms in total. The fourth-order valence-corrected chi connectivity index (χ4v) is 3.39. The van der Waals surface area contributed by atoms with E-state index in [-0.39, 0.29) is 55.5 Å². The summed E-state index contributed by atoms with van der Waals surface area (Å²) in [5.74, 6) is 1.13. The molecule has 3 heterocycles. The largest absolute Gasteiger partial charge is 2.00 e. The van der Waals surface area contributed by atoms with Crippen LogP contribution in [0.2, 0.25) is 0 Å². The van der Waals surface area contributed by atoms with Gasteiger partial charge in [-0.05, 0) is 23.3 Å². The second-order valence-corrected chi connectivity index (χ2v) is 6.75. The van der Waals surface area contributed by atoms with E-state index < -0.39 is 0 Å². The van der Waals surface area contributed by atoms with Gasteiger partial charge >= 0.3 is 18.6 Å². The molecule has 5 rings (SSSR count). The van der Waals surface area contributed by atoms with Crippen LogP contribution in [-0.4, -0.2) is 30.0 Å². The van der Waals surface area contributed by atoms with Gasteiger partial charge in [0, 0.05) is 0 Å². The molecule has 3 aromatic rings. The Bertz CT molecular complexity index is 968. The van der Waals surface area contributed by atoms with Crippen molar-refractivity contribution in [1.29, 1.82) is 0 Å². The van der Waals surface area contributed by atoms with Crippen LogP contribution in [0.3, 0.4) is 0 Å². The Labute approximate surface area is 205 Å². The van der Waals surface area contributed by atoms with Crippen molar-refractivity contribution in [2.24, 2.45) is 9.98 Å². The Balaban J connectivity index is 0.00000114. The average molecular weight is 491 g/mol. The summed E-state index contributed by atoms with van der Waals surface area (Å²) < 4.78 is 11.6. The molecule has 0 spiro atoms. The number of halogens is 2. The zero-order valence-electron chi connectivity index (χ0n) is 16.4. The Morgan fingerprint density at radius 1 is 0.581 bits per heavy atom. The first-order valence-electron chi connectivity index (χ1n) is 9.36. The molecular weight excluding hydrogens is 472 g/mol. The van der Waals surface area contributed by atoms with Gasteiger partial charge in [-0.1, -0.05) is 66.7 Å². The number of nitrogens with zero attached hydrogens (tertiary/aromatic N) is 3. The number of aliphatic imine (C=N–C) groups is 2. The average Bonchev–Trinajstić information content (AvgIpc) is 3.46. The van der Waals surface area contributed by atoms with Crippen molar-refractivity contribution in [1.82, 2.24) is 4.98 Å². The van der Waals surface area contributed by atoms with Crippen LogP contribution < -0.4 is 24.8 Å². The van der Waals surface area contributed by atoms with Gasteiger partial charge < -0.3 is 34.3 Å². The van der Waals surface area contributed by atoms with Crippen molar-refractivity contribution in [3.63, 3.8) is 0 Å². The van der Waals surface area contributed by atoms with Crippen molar-refractivity contribution in [2.45, 2.75) is 12.1 Å². The van der Waals surface area contributed by atoms with E-state index >= 15 is 0 Å². The number of hydrogen-bond acceptors (Lipinski definition) is 5. The maximum absolute atomic E-state index is 5.82. The molecule has 2 unspecified atom stereocenters. The van der Waals surface area contributed by atoms with Crippen molar-refractivity contribution >= 4 is 11.8 Å². The molecule has 2 aliphatic rings. The van der Waals surface area contributed by atoms with Crippen LogP contribution in [0.25, 0.3) is 0 Å². The van der Waals surface area contributed by atoms with Gasteiger partial charge in [0.2, 0.25) is 11.8 Å². The molecule has 0 amide bonds. The predicted octanol–water partition coefficient (Wildman–Crippen LogP) is -1.88. The minimum absolute atomic E-state index is 0. The van der Waals surface area contributed by atoms with Gasteiger partial charge in [0.15, 0.2) is 0 Å². The molecule has 1 radical (unpaired) electrons. The maximum Gasteiger partial charge on any atom is 2.00 e. The summed E-state index contributed by atoms with van der Waals surface area (Å²) in [6.07, 6.45) is 0. The first-order valence-corrected chi connectivity index (χ1v) is 9.36. The van der Waals surface area contributed by atoms with Gasteiger partial charge in [0.1, 0.15) is 36.7 Å². The molecule has 2 aromatic carbocycles. The van der Waals surface area contributed by atoms with Crippen LogP contribution in [0.5, 0.6) is 0 Å². The van der Waals surface area contributed by atoms with E-state index in [1.54, 1.807) is 0 Å². The van der Waals surface area contributed by atoms with Crippen LogP contribution in [0.1, 0.15) is 34.6 Å². The molecule has 2 atom stereocenters. The zero-order chi connectivity index (χ0) is 18.8. The molecule has 157 valence electrons. The molecule has 8 heteroatoms. The first-order chi connectivity index (χ1) is 13.9. The van der Waals surface area contributed by atoms with Crippen molar-refractivity contribution in [2.75, 3.05) is 13.2 Å². The standard InChI is InChI=1S/C23H19N3O2.2ClH.V/c1-3-8-16(9-4-1)20-14-27-22(25-20)18-12-7-13-19(24-18)23-26-21(15-28-23)17-10-5-2-6-11-17;;;/h1-13,20-21H,14-15H2;2*1H;/q;;;+2/p-2. The number of hydrogen-bond donors (Lipinski definition) is 0. The minimum Gasteiger partial charge on any atom is -1.00 e. The number of ether oxygens (including phenoxy) is 2. The van der Waals surface area contributed by atoms with E-state index in [0.29, 0.717) is 36.4 Å². The Hall–Kier alpha value is -2.31. The topological polar surface area (TPSA) is 56.1 Å². The normalized spacial score (nSPS) is 18.8. The van der Waals surface area contributed by atoms with Crippen LogP contribution >= 0.6 is 0 Å². The molecule has 0 N–H and O–H groups in total. The third-order valence-electron chi connectivity index (χ3n) is 4.86. The summed E-state index contributed by atoms with van der Waals surface area (Å²) in [5, 5.41) is 0. The monoisotopic (exact) mass is 490 g/mol. The zero-order valence-corrected chi connectivity index (χ0v) is 19.3. The van der Waals surface area contributed by atoms with E-state index in [0.717, 1.165) is 11.1 Å². The molecule has 0 fully saturated rings. The van der Waals surface area contributed by atoms with Crippen molar-refractivity contribution in [3.8, 4) is 0 Å². The number of aromatic nitrogens is 1. The predicted molar refractivity (Wildman–Crippen MR) is 108 cm³/mol. The Kier molecular flexibility index (Phi) is 9.14. The van der Waals surface area contributed by atoms with Gasteiger partial charge in [0.05, 0.1) is 0 Å².